The second kappa shape index (κ2) is 9.79. The molecule has 2 fully saturated rings. The number of methoxy groups -OCH3 is 1. The van der Waals surface area contributed by atoms with Crippen LogP contribution in [0.25, 0.3) is 16.9 Å². The second-order valence-electron chi connectivity index (χ2n) is 9.36. The second-order valence-corrected chi connectivity index (χ2v) is 9.36. The smallest absolute Gasteiger partial charge is 0.354 e. The Morgan fingerprint density at radius 3 is 2.46 bits per heavy atom. The van der Waals surface area contributed by atoms with Gasteiger partial charge in [0.2, 0.25) is 0 Å². The highest BCUT2D eigenvalue weighted by Crippen LogP contribution is 2.36. The fraction of sp³-hybridized carbons (Fsp3) is 0.520. The molecule has 0 spiro atoms. The molecule has 186 valence electrons. The van der Waals surface area contributed by atoms with E-state index in [9.17, 15) is 9.90 Å². The molecule has 10 heteroatoms. The number of carboxylic acids is 1. The minimum absolute atomic E-state index is 0.00200. The SMILES string of the molecule is COC1CCN(c2cc(C(=O)O)nc3c2c(C(C)C)nn3-c2cccc(N3CCOCC3)n2)CC1. The monoisotopic (exact) mass is 480 g/mol. The number of carboxylic acid groups (broad SMARTS) is 1. The van der Waals surface area contributed by atoms with Crippen molar-refractivity contribution < 1.29 is 19.4 Å². The third-order valence-corrected chi connectivity index (χ3v) is 6.80. The van der Waals surface area contributed by atoms with Crippen LogP contribution in [0, 0.1) is 0 Å². The molecule has 0 amide bonds. The van der Waals surface area contributed by atoms with E-state index in [2.05, 4.69) is 28.6 Å². The molecule has 5 heterocycles. The number of nitrogens with zero attached hydrogens (tertiary/aromatic N) is 6. The first-order valence-electron chi connectivity index (χ1n) is 12.2. The number of rotatable bonds is 6. The van der Waals surface area contributed by atoms with E-state index in [1.54, 1.807) is 17.9 Å². The Hall–Kier alpha value is -3.24. The number of pyridine rings is 2. The fourth-order valence-electron chi connectivity index (χ4n) is 4.88. The van der Waals surface area contributed by atoms with Crippen molar-refractivity contribution in [3.05, 3.63) is 35.7 Å². The summed E-state index contributed by atoms with van der Waals surface area (Å²) >= 11 is 0. The minimum Gasteiger partial charge on any atom is -0.477 e. The molecule has 0 saturated carbocycles. The highest BCUT2D eigenvalue weighted by atomic mass is 16.5. The molecule has 2 aliphatic heterocycles. The van der Waals surface area contributed by atoms with Gasteiger partial charge in [-0.2, -0.15) is 9.78 Å². The van der Waals surface area contributed by atoms with Crippen molar-refractivity contribution in [3.63, 3.8) is 0 Å². The molecular formula is C25H32N6O4. The lowest BCUT2D eigenvalue weighted by molar-refractivity contribution is 0.0690. The van der Waals surface area contributed by atoms with Gasteiger partial charge >= 0.3 is 5.97 Å². The molecule has 10 nitrogen and oxygen atoms in total. The number of morpholine rings is 1. The van der Waals surface area contributed by atoms with E-state index in [-0.39, 0.29) is 17.7 Å². The Morgan fingerprint density at radius 1 is 1.09 bits per heavy atom. The Bertz CT molecular complexity index is 1210. The van der Waals surface area contributed by atoms with E-state index in [4.69, 9.17) is 19.6 Å². The van der Waals surface area contributed by atoms with Gasteiger partial charge in [-0.15, -0.1) is 0 Å². The summed E-state index contributed by atoms with van der Waals surface area (Å²) in [6, 6.07) is 7.51. The van der Waals surface area contributed by atoms with Gasteiger partial charge in [-0.25, -0.2) is 14.8 Å². The summed E-state index contributed by atoms with van der Waals surface area (Å²) in [6.07, 6.45) is 2.00. The Kier molecular flexibility index (Phi) is 6.57. The summed E-state index contributed by atoms with van der Waals surface area (Å²) in [6.45, 7) is 8.63. The number of piperidine rings is 1. The normalized spacial score (nSPS) is 17.5. The van der Waals surface area contributed by atoms with Gasteiger partial charge in [-0.3, -0.25) is 0 Å². The maximum Gasteiger partial charge on any atom is 0.354 e. The van der Waals surface area contributed by atoms with Crippen molar-refractivity contribution in [2.45, 2.75) is 38.7 Å². The van der Waals surface area contributed by atoms with Crippen LogP contribution in [-0.2, 0) is 9.47 Å². The summed E-state index contributed by atoms with van der Waals surface area (Å²) in [5.74, 6) is 0.518. The zero-order valence-electron chi connectivity index (χ0n) is 20.5. The molecule has 0 unspecified atom stereocenters. The lowest BCUT2D eigenvalue weighted by Crippen LogP contribution is -2.37. The van der Waals surface area contributed by atoms with Crippen LogP contribution >= 0.6 is 0 Å². The number of carbonyl (C=O) groups is 1. The summed E-state index contributed by atoms with van der Waals surface area (Å²) < 4.78 is 12.7. The number of hydrogen-bond donors (Lipinski definition) is 1. The molecular weight excluding hydrogens is 448 g/mol. The van der Waals surface area contributed by atoms with Gasteiger partial charge < -0.3 is 24.4 Å². The first-order valence-corrected chi connectivity index (χ1v) is 12.2. The zero-order chi connectivity index (χ0) is 24.5. The van der Waals surface area contributed by atoms with Gasteiger partial charge in [0.05, 0.1) is 36.1 Å². The van der Waals surface area contributed by atoms with Gasteiger partial charge in [0.25, 0.3) is 0 Å². The van der Waals surface area contributed by atoms with E-state index in [1.165, 1.54) is 0 Å². The predicted molar refractivity (Wildman–Crippen MR) is 133 cm³/mol. The number of aromatic carboxylic acids is 1. The van der Waals surface area contributed by atoms with Crippen molar-refractivity contribution in [1.82, 2.24) is 19.7 Å². The van der Waals surface area contributed by atoms with Crippen molar-refractivity contribution in [1.29, 1.82) is 0 Å². The van der Waals surface area contributed by atoms with Crippen molar-refractivity contribution >= 4 is 28.5 Å². The van der Waals surface area contributed by atoms with E-state index >= 15 is 0 Å². The Morgan fingerprint density at radius 2 is 1.80 bits per heavy atom. The average Bonchev–Trinajstić information content (AvgIpc) is 3.29. The summed E-state index contributed by atoms with van der Waals surface area (Å²) in [4.78, 5) is 25.9. The summed E-state index contributed by atoms with van der Waals surface area (Å²) in [5, 5.41) is 15.7. The minimum atomic E-state index is -1.06. The van der Waals surface area contributed by atoms with Crippen LogP contribution in [0.5, 0.6) is 0 Å². The maximum absolute atomic E-state index is 12.1. The van der Waals surface area contributed by atoms with Gasteiger partial charge in [0.15, 0.2) is 17.2 Å². The molecule has 2 aliphatic rings. The molecule has 2 saturated heterocycles. The van der Waals surface area contributed by atoms with E-state index < -0.39 is 5.97 Å². The third-order valence-electron chi connectivity index (χ3n) is 6.80. The standard InChI is InChI=1S/C25H32N6O4/c1-16(2)23-22-19(29-9-7-17(34-3)8-10-29)15-18(25(32)33)26-24(22)31(28-23)21-6-4-5-20(27-21)30-11-13-35-14-12-30/h4-6,15-17H,7-14H2,1-3H3,(H,32,33). The van der Waals surface area contributed by atoms with Crippen molar-refractivity contribution in [2.75, 3.05) is 56.3 Å². The van der Waals surface area contributed by atoms with Gasteiger partial charge in [-0.05, 0) is 37.0 Å². The van der Waals surface area contributed by atoms with Gasteiger partial charge in [0, 0.05) is 33.3 Å². The van der Waals surface area contributed by atoms with Gasteiger partial charge in [-0.1, -0.05) is 19.9 Å². The zero-order valence-corrected chi connectivity index (χ0v) is 20.5. The molecule has 3 aromatic rings. The van der Waals surface area contributed by atoms with Crippen LogP contribution in [0.1, 0.15) is 48.8 Å². The van der Waals surface area contributed by atoms with Crippen LogP contribution in [0.3, 0.4) is 0 Å². The van der Waals surface area contributed by atoms with Crippen molar-refractivity contribution in [3.8, 4) is 5.82 Å². The molecule has 0 aliphatic carbocycles. The molecule has 0 atom stereocenters. The molecule has 0 bridgehead atoms. The highest BCUT2D eigenvalue weighted by molar-refractivity contribution is 5.98. The quantitative estimate of drug-likeness (QED) is 0.570. The predicted octanol–water partition coefficient (Wildman–Crippen LogP) is 3.09. The molecule has 35 heavy (non-hydrogen) atoms. The summed E-state index contributed by atoms with van der Waals surface area (Å²) in [7, 11) is 1.74. The molecule has 5 rings (SSSR count). The fourth-order valence-corrected chi connectivity index (χ4v) is 4.88. The Labute approximate surface area is 204 Å². The van der Waals surface area contributed by atoms with E-state index in [1.807, 2.05) is 18.2 Å². The van der Waals surface area contributed by atoms with Gasteiger partial charge in [0.1, 0.15) is 5.82 Å². The topological polar surface area (TPSA) is 106 Å². The number of hydrogen-bond acceptors (Lipinski definition) is 8. The number of fused-ring (bicyclic) bond motifs is 1. The van der Waals surface area contributed by atoms with E-state index in [0.29, 0.717) is 24.7 Å². The Balaban J connectivity index is 1.66. The molecule has 1 N–H and O–H groups in total. The third kappa shape index (κ3) is 4.55. The van der Waals surface area contributed by atoms with Crippen LogP contribution < -0.4 is 9.80 Å². The number of aromatic nitrogens is 4. The number of anilines is 2. The maximum atomic E-state index is 12.1. The molecule has 3 aromatic heterocycles. The molecule has 0 radical (unpaired) electrons. The van der Waals surface area contributed by atoms with Crippen LogP contribution in [0.2, 0.25) is 0 Å². The largest absolute Gasteiger partial charge is 0.477 e. The van der Waals surface area contributed by atoms with Crippen LogP contribution in [-0.4, -0.2) is 83.4 Å². The van der Waals surface area contributed by atoms with Crippen molar-refractivity contribution in [2.24, 2.45) is 0 Å². The van der Waals surface area contributed by atoms with Crippen LogP contribution in [0.4, 0.5) is 11.5 Å². The molecule has 0 aromatic carbocycles. The first kappa shape index (κ1) is 23.5. The highest BCUT2D eigenvalue weighted by Gasteiger charge is 2.27. The lowest BCUT2D eigenvalue weighted by Gasteiger charge is -2.33. The van der Waals surface area contributed by atoms with Crippen LogP contribution in [0.15, 0.2) is 24.3 Å². The number of ether oxygens (including phenoxy) is 2. The average molecular weight is 481 g/mol. The first-order chi connectivity index (χ1) is 17.0. The lowest BCUT2D eigenvalue weighted by atomic mass is 10.0. The summed E-state index contributed by atoms with van der Waals surface area (Å²) in [5.41, 5.74) is 2.26. The van der Waals surface area contributed by atoms with E-state index in [0.717, 1.165) is 61.6 Å².